The van der Waals surface area contributed by atoms with Crippen LogP contribution in [0.4, 0.5) is 0 Å². The molecule has 2 aliphatic heterocycles. The SMILES string of the molecule is CC.CC.CC1CCCN(C2CC2)C1.CC1CCN(CC2CC2)CC1. The normalized spacial score (nSPS) is 27.8. The van der Waals surface area contributed by atoms with Crippen LogP contribution in [0.5, 0.6) is 0 Å². The van der Waals surface area contributed by atoms with Crippen molar-refractivity contribution in [3.63, 3.8) is 0 Å². The number of piperidine rings is 2. The van der Waals surface area contributed by atoms with Gasteiger partial charge in [0.25, 0.3) is 0 Å². The lowest BCUT2D eigenvalue weighted by Gasteiger charge is -2.30. The third-order valence-electron chi connectivity index (χ3n) is 5.84. The largest absolute Gasteiger partial charge is 0.303 e. The lowest BCUT2D eigenvalue weighted by atomic mass is 9.99. The quantitative estimate of drug-likeness (QED) is 0.609. The van der Waals surface area contributed by atoms with Gasteiger partial charge in [0.1, 0.15) is 0 Å². The maximum atomic E-state index is 2.69. The van der Waals surface area contributed by atoms with Crippen molar-refractivity contribution >= 4 is 0 Å². The van der Waals surface area contributed by atoms with E-state index in [0.717, 1.165) is 23.8 Å². The van der Waals surface area contributed by atoms with Crippen molar-refractivity contribution in [1.29, 1.82) is 0 Å². The molecule has 2 saturated heterocycles. The molecule has 0 amide bonds. The fourth-order valence-corrected chi connectivity index (χ4v) is 3.91. The van der Waals surface area contributed by atoms with Gasteiger partial charge in [0.2, 0.25) is 0 Å². The minimum atomic E-state index is 0.967. The fourth-order valence-electron chi connectivity index (χ4n) is 3.91. The standard InChI is InChI=1S/C10H19N.C9H17N.2C2H6/c1-9-4-6-11(7-5-9)8-10-2-3-10;1-8-3-2-6-10(7-8)9-4-5-9;2*1-2/h9-10H,2-8H2,1H3;8-9H,2-7H2,1H3;2*1-2H3. The summed E-state index contributed by atoms with van der Waals surface area (Å²) in [7, 11) is 0. The number of likely N-dealkylation sites (tertiary alicyclic amines) is 2. The van der Waals surface area contributed by atoms with Crippen molar-refractivity contribution in [2.75, 3.05) is 32.7 Å². The van der Waals surface area contributed by atoms with E-state index in [1.165, 1.54) is 84.1 Å². The highest BCUT2D eigenvalue weighted by Crippen LogP contribution is 2.31. The first-order chi connectivity index (χ1) is 12.2. The van der Waals surface area contributed by atoms with Crippen molar-refractivity contribution in [2.45, 2.75) is 99.0 Å². The van der Waals surface area contributed by atoms with Gasteiger partial charge in [-0.3, -0.25) is 0 Å². The van der Waals surface area contributed by atoms with Gasteiger partial charge in [-0.1, -0.05) is 41.5 Å². The molecule has 2 heterocycles. The molecule has 4 rings (SSSR count). The molecule has 1 unspecified atom stereocenters. The molecule has 25 heavy (non-hydrogen) atoms. The minimum Gasteiger partial charge on any atom is -0.303 e. The number of hydrogen-bond acceptors (Lipinski definition) is 2. The Morgan fingerprint density at radius 1 is 0.680 bits per heavy atom. The van der Waals surface area contributed by atoms with E-state index in [9.17, 15) is 0 Å². The van der Waals surface area contributed by atoms with Crippen LogP contribution in [0.2, 0.25) is 0 Å². The molecule has 0 aromatic heterocycles. The predicted octanol–water partition coefficient (Wildman–Crippen LogP) is 6.06. The van der Waals surface area contributed by atoms with E-state index in [4.69, 9.17) is 0 Å². The van der Waals surface area contributed by atoms with Gasteiger partial charge in [-0.15, -0.1) is 0 Å². The average Bonchev–Trinajstić information content (AvgIpc) is 3.56. The topological polar surface area (TPSA) is 6.48 Å². The Bertz CT molecular complexity index is 301. The van der Waals surface area contributed by atoms with Gasteiger partial charge in [0.15, 0.2) is 0 Å². The van der Waals surface area contributed by atoms with Gasteiger partial charge in [-0.25, -0.2) is 0 Å². The van der Waals surface area contributed by atoms with Gasteiger partial charge < -0.3 is 9.80 Å². The Hall–Kier alpha value is -0.0800. The highest BCUT2D eigenvalue weighted by atomic mass is 15.2. The molecule has 0 bridgehead atoms. The molecular weight excluding hydrogens is 304 g/mol. The molecule has 0 spiro atoms. The lowest BCUT2D eigenvalue weighted by molar-refractivity contribution is 0.175. The van der Waals surface area contributed by atoms with Crippen LogP contribution in [-0.2, 0) is 0 Å². The van der Waals surface area contributed by atoms with E-state index < -0.39 is 0 Å². The maximum absolute atomic E-state index is 2.69. The monoisotopic (exact) mass is 352 g/mol. The molecule has 2 nitrogen and oxygen atoms in total. The molecule has 2 aliphatic carbocycles. The van der Waals surface area contributed by atoms with E-state index in [-0.39, 0.29) is 0 Å². The van der Waals surface area contributed by atoms with Gasteiger partial charge in [-0.2, -0.15) is 0 Å². The van der Waals surface area contributed by atoms with Crippen molar-refractivity contribution < 1.29 is 0 Å². The van der Waals surface area contributed by atoms with E-state index >= 15 is 0 Å². The fraction of sp³-hybridized carbons (Fsp3) is 1.00. The van der Waals surface area contributed by atoms with Gasteiger partial charge in [0, 0.05) is 19.1 Å². The number of hydrogen-bond donors (Lipinski definition) is 0. The molecule has 2 heteroatoms. The molecule has 150 valence electrons. The van der Waals surface area contributed by atoms with E-state index in [1.54, 1.807) is 0 Å². The Kier molecular flexibility index (Phi) is 12.1. The summed E-state index contributed by atoms with van der Waals surface area (Å²) < 4.78 is 0. The van der Waals surface area contributed by atoms with E-state index in [0.29, 0.717) is 0 Å². The Labute approximate surface area is 159 Å². The second kappa shape index (κ2) is 13.1. The predicted molar refractivity (Wildman–Crippen MR) is 113 cm³/mol. The van der Waals surface area contributed by atoms with Crippen molar-refractivity contribution in [3.05, 3.63) is 0 Å². The molecule has 0 aromatic rings. The van der Waals surface area contributed by atoms with Crippen LogP contribution in [0.1, 0.15) is 92.9 Å². The number of rotatable bonds is 3. The van der Waals surface area contributed by atoms with Crippen molar-refractivity contribution in [1.82, 2.24) is 9.80 Å². The van der Waals surface area contributed by atoms with Crippen molar-refractivity contribution in [2.24, 2.45) is 17.8 Å². The molecular formula is C23H48N2. The van der Waals surface area contributed by atoms with Crippen LogP contribution in [0.3, 0.4) is 0 Å². The zero-order chi connectivity index (χ0) is 18.7. The highest BCUT2D eigenvalue weighted by Gasteiger charge is 2.31. The molecule has 0 N–H and O–H groups in total. The average molecular weight is 353 g/mol. The maximum Gasteiger partial charge on any atom is 0.00965 e. The summed E-state index contributed by atoms with van der Waals surface area (Å²) in [5.74, 6) is 3.04. The first kappa shape index (κ1) is 23.0. The summed E-state index contributed by atoms with van der Waals surface area (Å²) in [6.45, 7) is 19.7. The second-order valence-electron chi connectivity index (χ2n) is 8.40. The van der Waals surface area contributed by atoms with Crippen molar-refractivity contribution in [3.8, 4) is 0 Å². The zero-order valence-electron chi connectivity index (χ0n) is 18.4. The Morgan fingerprint density at radius 2 is 1.28 bits per heavy atom. The zero-order valence-corrected chi connectivity index (χ0v) is 18.4. The third kappa shape index (κ3) is 9.99. The first-order valence-corrected chi connectivity index (χ1v) is 11.7. The van der Waals surface area contributed by atoms with Gasteiger partial charge in [0.05, 0.1) is 0 Å². The smallest absolute Gasteiger partial charge is 0.00965 e. The van der Waals surface area contributed by atoms with Gasteiger partial charge >= 0.3 is 0 Å². The Balaban J connectivity index is 0.000000210. The van der Waals surface area contributed by atoms with Crippen LogP contribution in [0, 0.1) is 17.8 Å². The molecule has 0 radical (unpaired) electrons. The highest BCUT2D eigenvalue weighted by molar-refractivity contribution is 4.87. The summed E-state index contributed by atoms with van der Waals surface area (Å²) in [4.78, 5) is 5.35. The van der Waals surface area contributed by atoms with Crippen LogP contribution < -0.4 is 0 Å². The van der Waals surface area contributed by atoms with Crippen LogP contribution in [0.25, 0.3) is 0 Å². The Morgan fingerprint density at radius 3 is 1.76 bits per heavy atom. The van der Waals surface area contributed by atoms with Crippen LogP contribution >= 0.6 is 0 Å². The van der Waals surface area contributed by atoms with Crippen LogP contribution in [0.15, 0.2) is 0 Å². The summed E-state index contributed by atoms with van der Waals surface area (Å²) in [6, 6.07) is 1.00. The van der Waals surface area contributed by atoms with E-state index in [2.05, 4.69) is 23.6 Å². The molecule has 1 atom stereocenters. The van der Waals surface area contributed by atoms with E-state index in [1.807, 2.05) is 27.7 Å². The molecule has 4 fully saturated rings. The molecule has 2 saturated carbocycles. The summed E-state index contributed by atoms with van der Waals surface area (Å²) >= 11 is 0. The third-order valence-corrected chi connectivity index (χ3v) is 5.84. The number of nitrogens with zero attached hydrogens (tertiary/aromatic N) is 2. The van der Waals surface area contributed by atoms with Gasteiger partial charge in [-0.05, 0) is 88.8 Å². The summed E-state index contributed by atoms with van der Waals surface area (Å²) in [6.07, 6.45) is 11.7. The summed E-state index contributed by atoms with van der Waals surface area (Å²) in [5, 5.41) is 0. The molecule has 0 aromatic carbocycles. The lowest BCUT2D eigenvalue weighted by Crippen LogP contribution is -2.35. The first-order valence-electron chi connectivity index (χ1n) is 11.7. The molecule has 4 aliphatic rings. The minimum absolute atomic E-state index is 0.967. The van der Waals surface area contributed by atoms with Crippen LogP contribution in [-0.4, -0.2) is 48.6 Å². The summed E-state index contributed by atoms with van der Waals surface area (Å²) in [5.41, 5.74) is 0. The second-order valence-corrected chi connectivity index (χ2v) is 8.40.